The minimum absolute atomic E-state index is 0.168. The zero-order valence-electron chi connectivity index (χ0n) is 18.6. The fourth-order valence-corrected chi connectivity index (χ4v) is 4.04. The van der Waals surface area contributed by atoms with E-state index in [1.165, 1.54) is 10.5 Å². The standard InChI is InChI=1S/C26H26N4O4/c27-20-3-1-2-4-22(20)29-25(31)18-9-10-23-24(13-18)33-12-11-30(23)26(32)34-15-16-5-7-17(8-6-16)19-14-21(19)28/h1-10,13,19,21H,11-12,14-15,27-28H2,(H,29,31)/t19-,21+/m1/s1. The number of nitrogens with zero attached hydrogens (tertiary/aromatic N) is 1. The van der Waals surface area contributed by atoms with Gasteiger partial charge in [0.1, 0.15) is 19.0 Å². The van der Waals surface area contributed by atoms with E-state index in [1.807, 2.05) is 24.3 Å². The topological polar surface area (TPSA) is 120 Å². The van der Waals surface area contributed by atoms with E-state index in [0.29, 0.717) is 47.4 Å². The molecule has 1 aliphatic carbocycles. The summed E-state index contributed by atoms with van der Waals surface area (Å²) in [6, 6.07) is 20.2. The highest BCUT2D eigenvalue weighted by Crippen LogP contribution is 2.39. The normalized spacial score (nSPS) is 18.4. The van der Waals surface area contributed by atoms with E-state index in [1.54, 1.807) is 42.5 Å². The van der Waals surface area contributed by atoms with Crippen molar-refractivity contribution in [2.24, 2.45) is 5.73 Å². The van der Waals surface area contributed by atoms with Crippen molar-refractivity contribution in [2.45, 2.75) is 25.0 Å². The van der Waals surface area contributed by atoms with Crippen LogP contribution in [0.4, 0.5) is 21.9 Å². The van der Waals surface area contributed by atoms with E-state index < -0.39 is 6.09 Å². The van der Waals surface area contributed by atoms with Gasteiger partial charge in [0, 0.05) is 17.5 Å². The Hall–Kier alpha value is -4.04. The van der Waals surface area contributed by atoms with Gasteiger partial charge in [-0.05, 0) is 47.9 Å². The molecule has 0 saturated heterocycles. The first-order valence-corrected chi connectivity index (χ1v) is 11.2. The molecule has 2 aliphatic rings. The molecule has 2 atom stereocenters. The fraction of sp³-hybridized carbons (Fsp3) is 0.231. The van der Waals surface area contributed by atoms with E-state index in [0.717, 1.165) is 12.0 Å². The van der Waals surface area contributed by atoms with Gasteiger partial charge in [-0.2, -0.15) is 0 Å². The third-order valence-electron chi connectivity index (χ3n) is 6.12. The van der Waals surface area contributed by atoms with Gasteiger partial charge in [-0.1, -0.05) is 36.4 Å². The van der Waals surface area contributed by atoms with Crippen LogP contribution in [0.15, 0.2) is 66.7 Å². The second-order valence-corrected chi connectivity index (χ2v) is 8.53. The Morgan fingerprint density at radius 3 is 2.59 bits per heavy atom. The Morgan fingerprint density at radius 2 is 1.85 bits per heavy atom. The number of hydrogen-bond donors (Lipinski definition) is 3. The first-order valence-electron chi connectivity index (χ1n) is 11.2. The zero-order valence-corrected chi connectivity index (χ0v) is 18.6. The van der Waals surface area contributed by atoms with Gasteiger partial charge in [0.05, 0.1) is 23.6 Å². The number of ether oxygens (including phenoxy) is 2. The number of nitrogens with one attached hydrogen (secondary N) is 1. The second-order valence-electron chi connectivity index (χ2n) is 8.53. The molecule has 0 unspecified atom stereocenters. The predicted octanol–water partition coefficient (Wildman–Crippen LogP) is 3.87. The van der Waals surface area contributed by atoms with Crippen LogP contribution >= 0.6 is 0 Å². The van der Waals surface area contributed by atoms with Crippen molar-refractivity contribution in [1.29, 1.82) is 0 Å². The van der Waals surface area contributed by atoms with Gasteiger partial charge in [0.25, 0.3) is 5.91 Å². The molecule has 8 nitrogen and oxygen atoms in total. The molecule has 1 saturated carbocycles. The van der Waals surface area contributed by atoms with Crippen molar-refractivity contribution >= 4 is 29.1 Å². The number of benzene rings is 3. The van der Waals surface area contributed by atoms with E-state index in [-0.39, 0.29) is 18.6 Å². The number of carbonyl (C=O) groups is 2. The first kappa shape index (κ1) is 21.8. The van der Waals surface area contributed by atoms with Gasteiger partial charge in [-0.25, -0.2) is 4.79 Å². The maximum atomic E-state index is 12.8. The van der Waals surface area contributed by atoms with Gasteiger partial charge in [0.15, 0.2) is 0 Å². The zero-order chi connectivity index (χ0) is 23.7. The number of hydrogen-bond acceptors (Lipinski definition) is 6. The highest BCUT2D eigenvalue weighted by atomic mass is 16.6. The van der Waals surface area contributed by atoms with Crippen LogP contribution in [0.25, 0.3) is 0 Å². The summed E-state index contributed by atoms with van der Waals surface area (Å²) in [6.07, 6.45) is 0.557. The molecular formula is C26H26N4O4. The lowest BCUT2D eigenvalue weighted by Crippen LogP contribution is -2.38. The predicted molar refractivity (Wildman–Crippen MR) is 130 cm³/mol. The second kappa shape index (κ2) is 9.07. The van der Waals surface area contributed by atoms with Crippen molar-refractivity contribution in [1.82, 2.24) is 0 Å². The number of carbonyl (C=O) groups excluding carboxylic acids is 2. The van der Waals surface area contributed by atoms with Crippen LogP contribution in [-0.4, -0.2) is 31.2 Å². The molecule has 3 aromatic rings. The molecule has 3 aromatic carbocycles. The monoisotopic (exact) mass is 458 g/mol. The van der Waals surface area contributed by atoms with E-state index >= 15 is 0 Å². The third-order valence-corrected chi connectivity index (χ3v) is 6.12. The van der Waals surface area contributed by atoms with Crippen LogP contribution in [0.3, 0.4) is 0 Å². The van der Waals surface area contributed by atoms with Crippen molar-refractivity contribution < 1.29 is 19.1 Å². The Balaban J connectivity index is 1.23. The van der Waals surface area contributed by atoms with Gasteiger partial charge in [0.2, 0.25) is 0 Å². The van der Waals surface area contributed by atoms with Crippen molar-refractivity contribution in [3.05, 3.63) is 83.4 Å². The van der Waals surface area contributed by atoms with E-state index in [4.69, 9.17) is 20.9 Å². The smallest absolute Gasteiger partial charge is 0.414 e. The maximum absolute atomic E-state index is 12.8. The molecular weight excluding hydrogens is 432 g/mol. The Labute approximate surface area is 197 Å². The van der Waals surface area contributed by atoms with E-state index in [9.17, 15) is 9.59 Å². The molecule has 0 spiro atoms. The van der Waals surface area contributed by atoms with Crippen LogP contribution < -0.4 is 26.4 Å². The highest BCUT2D eigenvalue weighted by molar-refractivity contribution is 6.06. The molecule has 0 aromatic heterocycles. The SMILES string of the molecule is Nc1ccccc1NC(=O)c1ccc2c(c1)OCCN2C(=O)OCc1ccc([C@H]2C[C@@H]2N)cc1. The lowest BCUT2D eigenvalue weighted by atomic mass is 10.1. The van der Waals surface area contributed by atoms with Crippen LogP contribution in [0.1, 0.15) is 33.8 Å². The average molecular weight is 459 g/mol. The van der Waals surface area contributed by atoms with Gasteiger partial charge in [-0.3, -0.25) is 9.69 Å². The Morgan fingerprint density at radius 1 is 1.09 bits per heavy atom. The molecule has 34 heavy (non-hydrogen) atoms. The maximum Gasteiger partial charge on any atom is 0.414 e. The summed E-state index contributed by atoms with van der Waals surface area (Å²) in [5.41, 5.74) is 15.9. The first-order chi connectivity index (χ1) is 16.5. The van der Waals surface area contributed by atoms with Crippen LogP contribution in [0.5, 0.6) is 5.75 Å². The number of para-hydroxylation sites is 2. The highest BCUT2D eigenvalue weighted by Gasteiger charge is 2.34. The molecule has 8 heteroatoms. The molecule has 0 bridgehead atoms. The lowest BCUT2D eigenvalue weighted by Gasteiger charge is -2.29. The van der Waals surface area contributed by atoms with Crippen LogP contribution in [-0.2, 0) is 11.3 Å². The summed E-state index contributed by atoms with van der Waals surface area (Å²) in [5, 5.41) is 2.79. The van der Waals surface area contributed by atoms with Crippen LogP contribution in [0, 0.1) is 0 Å². The molecule has 1 heterocycles. The summed E-state index contributed by atoms with van der Waals surface area (Å²) in [5.74, 6) is 0.570. The largest absolute Gasteiger partial charge is 0.490 e. The Bertz CT molecular complexity index is 1230. The van der Waals surface area contributed by atoms with E-state index in [2.05, 4.69) is 5.32 Å². The Kier molecular flexibility index (Phi) is 5.81. The van der Waals surface area contributed by atoms with Crippen molar-refractivity contribution in [2.75, 3.05) is 29.1 Å². The third kappa shape index (κ3) is 4.53. The molecule has 1 fully saturated rings. The average Bonchev–Trinajstić information content (AvgIpc) is 3.60. The number of amides is 2. The quantitative estimate of drug-likeness (QED) is 0.499. The lowest BCUT2D eigenvalue weighted by molar-refractivity contribution is 0.102. The summed E-state index contributed by atoms with van der Waals surface area (Å²) in [7, 11) is 0. The molecule has 0 radical (unpaired) electrons. The minimum Gasteiger partial charge on any atom is -0.490 e. The molecule has 174 valence electrons. The molecule has 5 rings (SSSR count). The van der Waals surface area contributed by atoms with Crippen molar-refractivity contribution in [3.63, 3.8) is 0 Å². The molecule has 2 amide bonds. The van der Waals surface area contributed by atoms with Gasteiger partial charge in [-0.15, -0.1) is 0 Å². The number of nitrogens with two attached hydrogens (primary N) is 2. The number of anilines is 3. The summed E-state index contributed by atoms with van der Waals surface area (Å²) >= 11 is 0. The van der Waals surface area contributed by atoms with Crippen molar-refractivity contribution in [3.8, 4) is 5.75 Å². The summed E-state index contributed by atoms with van der Waals surface area (Å²) in [4.78, 5) is 27.0. The molecule has 5 N–H and O–H groups in total. The number of fused-ring (bicyclic) bond motifs is 1. The van der Waals surface area contributed by atoms with Gasteiger partial charge >= 0.3 is 6.09 Å². The number of rotatable bonds is 5. The molecule has 1 aliphatic heterocycles. The number of nitrogen functional groups attached to an aromatic ring is 1. The summed E-state index contributed by atoms with van der Waals surface area (Å²) < 4.78 is 11.3. The minimum atomic E-state index is -0.466. The fourth-order valence-electron chi connectivity index (χ4n) is 4.04. The van der Waals surface area contributed by atoms with Gasteiger partial charge < -0.3 is 26.3 Å². The van der Waals surface area contributed by atoms with Crippen LogP contribution in [0.2, 0.25) is 0 Å². The summed E-state index contributed by atoms with van der Waals surface area (Å²) in [6.45, 7) is 0.826.